The van der Waals surface area contributed by atoms with Crippen LogP contribution in [0, 0.1) is 20.2 Å². The fourth-order valence-electron chi connectivity index (χ4n) is 6.34. The summed E-state index contributed by atoms with van der Waals surface area (Å²) in [5.41, 5.74) is -2.44. The third kappa shape index (κ3) is 8.16. The van der Waals surface area contributed by atoms with Crippen LogP contribution in [0.25, 0.3) is 0 Å². The molecule has 4 fully saturated rings. The number of carbonyl (C=O) groups excluding carboxylic acids is 6. The summed E-state index contributed by atoms with van der Waals surface area (Å²) in [5, 5.41) is 21.3. The first-order valence-electron chi connectivity index (χ1n) is 16.7. The van der Waals surface area contributed by atoms with Crippen molar-refractivity contribution >= 4 is 47.1 Å². The SMILES string of the molecule is O=C1CC[C@@](C(=O)OCc2ccc([N+](=O)[O-])cc2)(N2CCCCC2=O)O1.O=C1CC[C@](C(=O)OCc2ccc([N+](=O)[O-])cc2)(N2CCCCC2=O)O1. The van der Waals surface area contributed by atoms with Crippen molar-refractivity contribution < 1.29 is 57.6 Å². The summed E-state index contributed by atoms with van der Waals surface area (Å²) in [6, 6.07) is 11.1. The maximum atomic E-state index is 12.7. The van der Waals surface area contributed by atoms with E-state index in [0.29, 0.717) is 37.1 Å². The van der Waals surface area contributed by atoms with Crippen molar-refractivity contribution in [1.29, 1.82) is 0 Å². The molecule has 4 heterocycles. The molecule has 0 N–H and O–H groups in total. The number of non-ortho nitro benzene ring substituents is 2. The summed E-state index contributed by atoms with van der Waals surface area (Å²) < 4.78 is 21.1. The third-order valence-corrected chi connectivity index (χ3v) is 9.09. The van der Waals surface area contributed by atoms with Gasteiger partial charge >= 0.3 is 23.9 Å². The van der Waals surface area contributed by atoms with Gasteiger partial charge in [-0.05, 0) is 61.1 Å². The Balaban J connectivity index is 0.000000201. The number of rotatable bonds is 10. The molecule has 52 heavy (non-hydrogen) atoms. The van der Waals surface area contributed by atoms with Crippen LogP contribution in [0.3, 0.4) is 0 Å². The Morgan fingerprint density at radius 2 is 0.981 bits per heavy atom. The second-order valence-electron chi connectivity index (χ2n) is 12.5. The third-order valence-electron chi connectivity index (χ3n) is 9.09. The first-order chi connectivity index (χ1) is 24.8. The molecule has 18 heteroatoms. The van der Waals surface area contributed by atoms with Gasteiger partial charge in [-0.25, -0.2) is 9.59 Å². The molecule has 0 aromatic heterocycles. The molecule has 2 aromatic rings. The monoisotopic (exact) mass is 724 g/mol. The van der Waals surface area contributed by atoms with Gasteiger partial charge in [-0.15, -0.1) is 0 Å². The van der Waals surface area contributed by atoms with Crippen molar-refractivity contribution in [3.8, 4) is 0 Å². The molecule has 2 amide bonds. The molecule has 0 bridgehead atoms. The molecule has 0 radical (unpaired) electrons. The topological polar surface area (TPSA) is 232 Å². The summed E-state index contributed by atoms with van der Waals surface area (Å²) in [5.74, 6) is -3.16. The van der Waals surface area contributed by atoms with Crippen LogP contribution in [0.4, 0.5) is 11.4 Å². The van der Waals surface area contributed by atoms with E-state index in [0.717, 1.165) is 25.7 Å². The van der Waals surface area contributed by atoms with E-state index in [1.54, 1.807) is 0 Å². The Bertz CT molecular complexity index is 1620. The van der Waals surface area contributed by atoms with Crippen molar-refractivity contribution in [2.75, 3.05) is 13.1 Å². The first kappa shape index (κ1) is 37.3. The van der Waals surface area contributed by atoms with Crippen molar-refractivity contribution in [3.63, 3.8) is 0 Å². The van der Waals surface area contributed by atoms with Gasteiger partial charge in [0.2, 0.25) is 11.8 Å². The van der Waals surface area contributed by atoms with Crippen molar-refractivity contribution in [3.05, 3.63) is 79.9 Å². The van der Waals surface area contributed by atoms with Crippen LogP contribution in [0.2, 0.25) is 0 Å². The Kier molecular flexibility index (Phi) is 11.4. The highest BCUT2D eigenvalue weighted by Crippen LogP contribution is 2.36. The summed E-state index contributed by atoms with van der Waals surface area (Å²) in [7, 11) is 0. The number of carbonyl (C=O) groups is 6. The number of piperidine rings is 2. The average Bonchev–Trinajstić information content (AvgIpc) is 3.74. The fraction of sp³-hybridized carbons (Fsp3) is 0.471. The predicted octanol–water partition coefficient (Wildman–Crippen LogP) is 3.37. The number of hydrogen-bond donors (Lipinski definition) is 0. The lowest BCUT2D eigenvalue weighted by atomic mass is 10.0. The van der Waals surface area contributed by atoms with Gasteiger partial charge in [0.1, 0.15) is 13.2 Å². The number of benzene rings is 2. The maximum absolute atomic E-state index is 12.7. The van der Waals surface area contributed by atoms with Crippen molar-refractivity contribution in [2.24, 2.45) is 0 Å². The molecule has 4 aliphatic heterocycles. The number of nitro benzene ring substituents is 2. The standard InChI is InChI=1S/2C17H18N2O7/c2*20-14-3-1-2-10-18(14)17(9-8-15(21)26-17)16(22)25-11-12-4-6-13(7-5-12)19(23)24/h2*4-7H,1-3,8-11H2/t2*17-/m10/s1. The largest absolute Gasteiger partial charge is 0.456 e. The number of amides is 2. The van der Waals surface area contributed by atoms with Gasteiger partial charge in [0, 0.05) is 63.0 Å². The second-order valence-corrected chi connectivity index (χ2v) is 12.5. The summed E-state index contributed by atoms with van der Waals surface area (Å²) in [6.07, 6.45) is 3.72. The van der Waals surface area contributed by atoms with Crippen molar-refractivity contribution in [2.45, 2.75) is 88.9 Å². The normalized spacial score (nSPS) is 22.8. The Morgan fingerprint density at radius 1 is 0.615 bits per heavy atom. The van der Waals surface area contributed by atoms with E-state index in [1.165, 1.54) is 58.3 Å². The molecule has 0 aliphatic carbocycles. The zero-order valence-corrected chi connectivity index (χ0v) is 28.0. The fourth-order valence-corrected chi connectivity index (χ4v) is 6.34. The zero-order valence-electron chi connectivity index (χ0n) is 28.0. The van der Waals surface area contributed by atoms with E-state index >= 15 is 0 Å². The molecule has 0 saturated carbocycles. The number of nitro groups is 2. The average molecular weight is 725 g/mol. The smallest absolute Gasteiger partial charge is 0.373 e. The molecule has 2 atom stereocenters. The highest BCUT2D eigenvalue weighted by molar-refractivity contribution is 5.92. The first-order valence-corrected chi connectivity index (χ1v) is 16.7. The summed E-state index contributed by atoms with van der Waals surface area (Å²) in [4.78, 5) is 96.1. The molecule has 0 spiro atoms. The zero-order chi connectivity index (χ0) is 37.5. The predicted molar refractivity (Wildman–Crippen MR) is 173 cm³/mol. The van der Waals surface area contributed by atoms with Crippen LogP contribution >= 0.6 is 0 Å². The lowest BCUT2D eigenvalue weighted by Crippen LogP contribution is -2.59. The van der Waals surface area contributed by atoms with Crippen molar-refractivity contribution in [1.82, 2.24) is 9.80 Å². The lowest BCUT2D eigenvalue weighted by molar-refractivity contribution is -0.385. The molecule has 6 rings (SSSR count). The minimum atomic E-state index is -1.70. The number of ether oxygens (including phenoxy) is 4. The van der Waals surface area contributed by atoms with Gasteiger partial charge in [0.15, 0.2) is 0 Å². The number of cyclic esters (lactones) is 2. The van der Waals surface area contributed by atoms with Gasteiger partial charge in [-0.2, -0.15) is 0 Å². The molecule has 18 nitrogen and oxygen atoms in total. The number of likely N-dealkylation sites (tertiary alicyclic amines) is 2. The minimum absolute atomic E-state index is 0.0381. The quantitative estimate of drug-likeness (QED) is 0.148. The van der Waals surface area contributed by atoms with Gasteiger partial charge in [-0.1, -0.05) is 0 Å². The Labute approximate surface area is 296 Å². The Hall–Kier alpha value is -5.94. The van der Waals surface area contributed by atoms with Crippen LogP contribution in [0.1, 0.15) is 75.3 Å². The van der Waals surface area contributed by atoms with Gasteiger partial charge in [-0.3, -0.25) is 49.2 Å². The molecule has 276 valence electrons. The van der Waals surface area contributed by atoms with E-state index < -0.39 is 45.2 Å². The van der Waals surface area contributed by atoms with E-state index in [9.17, 15) is 49.0 Å². The molecule has 0 unspecified atom stereocenters. The minimum Gasteiger partial charge on any atom is -0.456 e. The van der Waals surface area contributed by atoms with Gasteiger partial charge in [0.25, 0.3) is 22.8 Å². The number of esters is 4. The molecule has 4 aliphatic rings. The molecular weight excluding hydrogens is 688 g/mol. The highest BCUT2D eigenvalue weighted by Gasteiger charge is 2.56. The van der Waals surface area contributed by atoms with E-state index in [2.05, 4.69) is 0 Å². The van der Waals surface area contributed by atoms with Crippen LogP contribution in [-0.4, -0.2) is 79.9 Å². The molecular formula is C34H36N4O14. The second kappa shape index (κ2) is 15.9. The van der Waals surface area contributed by atoms with Crippen LogP contribution in [0.15, 0.2) is 48.5 Å². The molecule has 4 saturated heterocycles. The van der Waals surface area contributed by atoms with Gasteiger partial charge in [0.05, 0.1) is 22.7 Å². The number of nitrogens with zero attached hydrogens (tertiary/aromatic N) is 4. The number of hydrogen-bond acceptors (Lipinski definition) is 14. The van der Waals surface area contributed by atoms with Crippen LogP contribution in [0.5, 0.6) is 0 Å². The lowest BCUT2D eigenvalue weighted by Gasteiger charge is -2.39. The molecule has 2 aromatic carbocycles. The van der Waals surface area contributed by atoms with Crippen LogP contribution in [-0.2, 0) is 60.9 Å². The van der Waals surface area contributed by atoms with E-state index in [4.69, 9.17) is 18.9 Å². The Morgan fingerprint density at radius 3 is 1.27 bits per heavy atom. The van der Waals surface area contributed by atoms with E-state index in [1.807, 2.05) is 0 Å². The van der Waals surface area contributed by atoms with Gasteiger partial charge < -0.3 is 18.9 Å². The maximum Gasteiger partial charge on any atom is 0.373 e. The summed E-state index contributed by atoms with van der Waals surface area (Å²) >= 11 is 0. The highest BCUT2D eigenvalue weighted by atomic mass is 16.6. The summed E-state index contributed by atoms with van der Waals surface area (Å²) in [6.45, 7) is 0.383. The van der Waals surface area contributed by atoms with Crippen LogP contribution < -0.4 is 0 Å². The van der Waals surface area contributed by atoms with E-state index in [-0.39, 0.29) is 62.1 Å².